The Kier molecular flexibility index (Phi) is 44.6. The van der Waals surface area contributed by atoms with Crippen molar-refractivity contribution in [2.75, 3.05) is 13.2 Å². The first kappa shape index (κ1) is 53.9. The second-order valence-corrected chi connectivity index (χ2v) is 17.2. The fourth-order valence-electron chi connectivity index (χ4n) is 7.82. The van der Waals surface area contributed by atoms with Crippen molar-refractivity contribution in [1.82, 2.24) is 5.32 Å². The molecule has 0 aliphatic heterocycles. The summed E-state index contributed by atoms with van der Waals surface area (Å²) in [6.45, 7) is 4.90. The van der Waals surface area contributed by atoms with Gasteiger partial charge in [0.25, 0.3) is 0 Å². The van der Waals surface area contributed by atoms with Crippen LogP contribution in [0, 0.1) is 0 Å². The van der Waals surface area contributed by atoms with E-state index in [9.17, 15) is 19.8 Å². The van der Waals surface area contributed by atoms with Gasteiger partial charge in [-0.15, -0.1) is 0 Å². The van der Waals surface area contributed by atoms with E-state index < -0.39 is 12.1 Å². The maximum absolute atomic E-state index is 12.4. The molecule has 0 spiro atoms. The molecule has 0 aromatic heterocycles. The van der Waals surface area contributed by atoms with Crippen molar-refractivity contribution in [2.45, 2.75) is 289 Å². The van der Waals surface area contributed by atoms with E-state index >= 15 is 0 Å². The summed E-state index contributed by atoms with van der Waals surface area (Å²) in [6, 6.07) is -0.559. The maximum Gasteiger partial charge on any atom is 0.305 e. The van der Waals surface area contributed by atoms with Crippen LogP contribution in [0.25, 0.3) is 0 Å². The summed E-state index contributed by atoms with van der Waals surface area (Å²) in [5.41, 5.74) is 0. The van der Waals surface area contributed by atoms with Crippen molar-refractivity contribution < 1.29 is 24.5 Å². The number of aliphatic hydroxyl groups excluding tert-OH is 2. The van der Waals surface area contributed by atoms with Crippen LogP contribution in [0.1, 0.15) is 277 Å². The van der Waals surface area contributed by atoms with Crippen LogP contribution in [-0.4, -0.2) is 47.4 Å². The number of hydrogen-bond acceptors (Lipinski definition) is 5. The Balaban J connectivity index is 3.47. The predicted octanol–water partition coefficient (Wildman–Crippen LogP) is 14.4. The topological polar surface area (TPSA) is 95.9 Å². The Labute approximate surface area is 343 Å². The summed E-state index contributed by atoms with van der Waals surface area (Å²) in [6.07, 6.45) is 49.2. The zero-order valence-corrected chi connectivity index (χ0v) is 37.2. The second kappa shape index (κ2) is 45.6. The van der Waals surface area contributed by atoms with Crippen LogP contribution in [0.5, 0.6) is 0 Å². The summed E-state index contributed by atoms with van der Waals surface area (Å²) >= 11 is 0. The fraction of sp³-hybridized carbons (Fsp3) is 0.959. The highest BCUT2D eigenvalue weighted by Gasteiger charge is 2.20. The minimum atomic E-state index is -0.679. The van der Waals surface area contributed by atoms with Gasteiger partial charge in [0.2, 0.25) is 5.91 Å². The number of aliphatic hydroxyl groups is 2. The number of esters is 1. The lowest BCUT2D eigenvalue weighted by atomic mass is 10.0. The molecule has 0 aliphatic rings. The molecule has 0 heterocycles. The van der Waals surface area contributed by atoms with Crippen LogP contribution in [-0.2, 0) is 14.3 Å². The van der Waals surface area contributed by atoms with Crippen LogP contribution in [0.4, 0.5) is 0 Å². The molecule has 2 unspecified atom stereocenters. The molecule has 0 aromatic carbocycles. The third kappa shape index (κ3) is 42.3. The van der Waals surface area contributed by atoms with E-state index in [1.54, 1.807) is 0 Å². The highest BCUT2D eigenvalue weighted by Crippen LogP contribution is 2.17. The number of amides is 1. The zero-order chi connectivity index (χ0) is 40.1. The van der Waals surface area contributed by atoms with E-state index in [0.29, 0.717) is 25.9 Å². The molecule has 0 aromatic rings. The van der Waals surface area contributed by atoms with Gasteiger partial charge < -0.3 is 20.3 Å². The average molecular weight is 780 g/mol. The first-order chi connectivity index (χ1) is 27.0. The average Bonchev–Trinajstić information content (AvgIpc) is 3.18. The van der Waals surface area contributed by atoms with Gasteiger partial charge in [0.05, 0.1) is 25.4 Å². The summed E-state index contributed by atoms with van der Waals surface area (Å²) in [5, 5.41) is 23.2. The molecule has 55 heavy (non-hydrogen) atoms. The smallest absolute Gasteiger partial charge is 0.305 e. The van der Waals surface area contributed by atoms with Gasteiger partial charge in [-0.1, -0.05) is 239 Å². The van der Waals surface area contributed by atoms with Gasteiger partial charge in [0, 0.05) is 12.8 Å². The standard InChI is InChI=1S/C49H97NO5/c1-3-5-7-9-11-13-15-17-19-21-23-27-31-35-39-43-49(54)55-44-40-36-32-28-24-26-30-34-38-42-48(53)50-46(45-51)47(52)41-37-33-29-25-22-20-18-16-14-12-10-8-6-4-2/h46-47,51-52H,3-45H2,1-2H3,(H,50,53). The van der Waals surface area contributed by atoms with E-state index in [1.165, 1.54) is 186 Å². The van der Waals surface area contributed by atoms with Crippen LogP contribution in [0.3, 0.4) is 0 Å². The molecule has 0 saturated heterocycles. The molecule has 328 valence electrons. The third-order valence-corrected chi connectivity index (χ3v) is 11.7. The van der Waals surface area contributed by atoms with Crippen molar-refractivity contribution in [1.29, 1.82) is 0 Å². The minimum absolute atomic E-state index is 0.0216. The number of nitrogens with one attached hydrogen (secondary N) is 1. The monoisotopic (exact) mass is 780 g/mol. The fourth-order valence-corrected chi connectivity index (χ4v) is 7.82. The van der Waals surface area contributed by atoms with Crippen LogP contribution in [0.2, 0.25) is 0 Å². The molecule has 0 bridgehead atoms. The molecule has 0 saturated carbocycles. The van der Waals surface area contributed by atoms with Gasteiger partial charge in [-0.05, 0) is 25.7 Å². The molecule has 3 N–H and O–H groups in total. The van der Waals surface area contributed by atoms with E-state index in [0.717, 1.165) is 57.8 Å². The number of unbranched alkanes of at least 4 members (excludes halogenated alkanes) is 35. The van der Waals surface area contributed by atoms with Crippen molar-refractivity contribution in [3.05, 3.63) is 0 Å². The SMILES string of the molecule is CCCCCCCCCCCCCCCCCC(=O)OCCCCCCCCCCCC(=O)NC(CO)C(O)CCCCCCCCCCCCCCCC. The Bertz CT molecular complexity index is 776. The number of carbonyl (C=O) groups is 2. The predicted molar refractivity (Wildman–Crippen MR) is 237 cm³/mol. The molecule has 6 heteroatoms. The Hall–Kier alpha value is -1.14. The third-order valence-electron chi connectivity index (χ3n) is 11.7. The number of hydrogen-bond donors (Lipinski definition) is 3. The Morgan fingerprint density at radius 2 is 0.745 bits per heavy atom. The summed E-state index contributed by atoms with van der Waals surface area (Å²) in [5.74, 6) is -0.0822. The molecule has 2 atom stereocenters. The lowest BCUT2D eigenvalue weighted by Gasteiger charge is -2.22. The number of ether oxygens (including phenoxy) is 1. The number of rotatable bonds is 46. The van der Waals surface area contributed by atoms with Crippen LogP contribution >= 0.6 is 0 Å². The highest BCUT2D eigenvalue weighted by molar-refractivity contribution is 5.76. The van der Waals surface area contributed by atoms with E-state index in [4.69, 9.17) is 4.74 Å². The normalized spacial score (nSPS) is 12.6. The molecule has 0 rings (SSSR count). The summed E-state index contributed by atoms with van der Waals surface area (Å²) in [4.78, 5) is 24.5. The highest BCUT2D eigenvalue weighted by atomic mass is 16.5. The quantitative estimate of drug-likeness (QED) is 0.0422. The second-order valence-electron chi connectivity index (χ2n) is 17.2. The van der Waals surface area contributed by atoms with Gasteiger partial charge in [-0.3, -0.25) is 9.59 Å². The van der Waals surface area contributed by atoms with Gasteiger partial charge in [0.15, 0.2) is 0 Å². The molecule has 1 amide bonds. The number of carbonyl (C=O) groups excluding carboxylic acids is 2. The Morgan fingerprint density at radius 1 is 0.436 bits per heavy atom. The van der Waals surface area contributed by atoms with E-state index in [2.05, 4.69) is 19.2 Å². The van der Waals surface area contributed by atoms with Crippen molar-refractivity contribution in [3.8, 4) is 0 Å². The lowest BCUT2D eigenvalue weighted by Crippen LogP contribution is -2.45. The summed E-state index contributed by atoms with van der Waals surface area (Å²) < 4.78 is 5.45. The molecule has 0 fully saturated rings. The Morgan fingerprint density at radius 3 is 1.11 bits per heavy atom. The van der Waals surface area contributed by atoms with Gasteiger partial charge in [-0.2, -0.15) is 0 Å². The van der Waals surface area contributed by atoms with Crippen LogP contribution < -0.4 is 5.32 Å². The molecule has 0 radical (unpaired) electrons. The van der Waals surface area contributed by atoms with Crippen molar-refractivity contribution in [3.63, 3.8) is 0 Å². The first-order valence-corrected chi connectivity index (χ1v) is 24.8. The van der Waals surface area contributed by atoms with Gasteiger partial charge >= 0.3 is 5.97 Å². The lowest BCUT2D eigenvalue weighted by molar-refractivity contribution is -0.143. The maximum atomic E-state index is 12.4. The van der Waals surface area contributed by atoms with Crippen molar-refractivity contribution in [2.24, 2.45) is 0 Å². The minimum Gasteiger partial charge on any atom is -0.466 e. The molecular weight excluding hydrogens is 683 g/mol. The van der Waals surface area contributed by atoms with E-state index in [-0.39, 0.29) is 18.5 Å². The first-order valence-electron chi connectivity index (χ1n) is 24.8. The molecule has 0 aliphatic carbocycles. The summed E-state index contributed by atoms with van der Waals surface area (Å²) in [7, 11) is 0. The van der Waals surface area contributed by atoms with Gasteiger partial charge in [-0.25, -0.2) is 0 Å². The van der Waals surface area contributed by atoms with Gasteiger partial charge in [0.1, 0.15) is 0 Å². The molecule has 6 nitrogen and oxygen atoms in total. The van der Waals surface area contributed by atoms with Crippen molar-refractivity contribution >= 4 is 11.9 Å². The molecular formula is C49H97NO5. The zero-order valence-electron chi connectivity index (χ0n) is 37.2. The van der Waals surface area contributed by atoms with Crippen LogP contribution in [0.15, 0.2) is 0 Å². The van der Waals surface area contributed by atoms with E-state index in [1.807, 2.05) is 0 Å². The largest absolute Gasteiger partial charge is 0.466 e.